The van der Waals surface area contributed by atoms with Gasteiger partial charge in [-0.2, -0.15) is 0 Å². The number of nitrogens with zero attached hydrogens (tertiary/aromatic N) is 1. The second kappa shape index (κ2) is 6.61. The first kappa shape index (κ1) is 15.4. The van der Waals surface area contributed by atoms with Crippen LogP contribution in [0.15, 0.2) is 24.3 Å². The molecule has 1 N–H and O–H groups in total. The molecule has 2 rings (SSSR count). The summed E-state index contributed by atoms with van der Waals surface area (Å²) in [5.41, 5.74) is 0.540. The standard InChI is InChI=1S/C16H21NO4/c1-11-5-3-6-12(2)17(11)16(20)13-7-4-8-14(9-13)21-10-15(18)19/h4,7-9,11-12H,3,5-6,10H2,1-2H3,(H,18,19). The van der Waals surface area contributed by atoms with Crippen molar-refractivity contribution in [1.82, 2.24) is 4.90 Å². The summed E-state index contributed by atoms with van der Waals surface area (Å²) in [6.07, 6.45) is 3.18. The van der Waals surface area contributed by atoms with Crippen LogP contribution in [0.3, 0.4) is 0 Å². The number of rotatable bonds is 4. The third kappa shape index (κ3) is 3.74. The summed E-state index contributed by atoms with van der Waals surface area (Å²) < 4.78 is 5.13. The van der Waals surface area contributed by atoms with Crippen LogP contribution in [0.25, 0.3) is 0 Å². The predicted octanol–water partition coefficient (Wildman–Crippen LogP) is 2.55. The third-order valence-corrected chi connectivity index (χ3v) is 3.87. The van der Waals surface area contributed by atoms with Gasteiger partial charge in [0.25, 0.3) is 5.91 Å². The van der Waals surface area contributed by atoms with Crippen LogP contribution < -0.4 is 4.74 Å². The van der Waals surface area contributed by atoms with Crippen molar-refractivity contribution in [2.45, 2.75) is 45.2 Å². The van der Waals surface area contributed by atoms with Crippen LogP contribution >= 0.6 is 0 Å². The maximum atomic E-state index is 12.7. The summed E-state index contributed by atoms with van der Waals surface area (Å²) in [5.74, 6) is -0.652. The first-order valence-corrected chi connectivity index (χ1v) is 7.26. The lowest BCUT2D eigenvalue weighted by molar-refractivity contribution is -0.139. The van der Waals surface area contributed by atoms with Crippen LogP contribution in [0.1, 0.15) is 43.5 Å². The molecule has 21 heavy (non-hydrogen) atoms. The van der Waals surface area contributed by atoms with Crippen molar-refractivity contribution in [2.75, 3.05) is 6.61 Å². The Morgan fingerprint density at radius 3 is 2.57 bits per heavy atom. The monoisotopic (exact) mass is 291 g/mol. The van der Waals surface area contributed by atoms with E-state index in [0.717, 1.165) is 19.3 Å². The minimum atomic E-state index is -1.04. The average Bonchev–Trinajstić information content (AvgIpc) is 2.45. The number of likely N-dealkylation sites (tertiary alicyclic amines) is 1. The van der Waals surface area contributed by atoms with Gasteiger partial charge in [0, 0.05) is 17.6 Å². The summed E-state index contributed by atoms with van der Waals surface area (Å²) in [6, 6.07) is 7.17. The molecule has 0 bridgehead atoms. The van der Waals surface area contributed by atoms with E-state index >= 15 is 0 Å². The van der Waals surface area contributed by atoms with E-state index in [1.165, 1.54) is 0 Å². The zero-order chi connectivity index (χ0) is 15.4. The smallest absolute Gasteiger partial charge is 0.341 e. The first-order valence-electron chi connectivity index (χ1n) is 7.26. The van der Waals surface area contributed by atoms with Crippen molar-refractivity contribution >= 4 is 11.9 Å². The van der Waals surface area contributed by atoms with E-state index in [4.69, 9.17) is 9.84 Å². The Morgan fingerprint density at radius 2 is 1.95 bits per heavy atom. The molecular formula is C16H21NO4. The molecule has 0 aliphatic carbocycles. The highest BCUT2D eigenvalue weighted by Crippen LogP contribution is 2.25. The second-order valence-electron chi connectivity index (χ2n) is 5.55. The van der Waals surface area contributed by atoms with Gasteiger partial charge in [-0.3, -0.25) is 4.79 Å². The number of hydrogen-bond acceptors (Lipinski definition) is 3. The molecule has 0 aromatic heterocycles. The van der Waals surface area contributed by atoms with Crippen molar-refractivity contribution in [3.8, 4) is 5.75 Å². The van der Waals surface area contributed by atoms with Crippen LogP contribution in [-0.2, 0) is 4.79 Å². The van der Waals surface area contributed by atoms with E-state index in [1.807, 2.05) is 4.90 Å². The number of aliphatic carboxylic acids is 1. The van der Waals surface area contributed by atoms with Crippen molar-refractivity contribution < 1.29 is 19.4 Å². The first-order chi connectivity index (χ1) is 9.99. The maximum absolute atomic E-state index is 12.7. The Bertz CT molecular complexity index is 519. The predicted molar refractivity (Wildman–Crippen MR) is 78.5 cm³/mol. The van der Waals surface area contributed by atoms with Gasteiger partial charge in [0.1, 0.15) is 5.75 Å². The van der Waals surface area contributed by atoms with Gasteiger partial charge in [0.2, 0.25) is 0 Å². The van der Waals surface area contributed by atoms with Gasteiger partial charge in [-0.15, -0.1) is 0 Å². The Hall–Kier alpha value is -2.04. The zero-order valence-corrected chi connectivity index (χ0v) is 12.4. The molecule has 5 heteroatoms. The highest BCUT2D eigenvalue weighted by molar-refractivity contribution is 5.95. The molecule has 0 radical (unpaired) electrons. The van der Waals surface area contributed by atoms with Gasteiger partial charge in [-0.05, 0) is 51.3 Å². The Balaban J connectivity index is 2.14. The van der Waals surface area contributed by atoms with Crippen LogP contribution in [0, 0.1) is 0 Å². The lowest BCUT2D eigenvalue weighted by Gasteiger charge is -2.39. The third-order valence-electron chi connectivity index (χ3n) is 3.87. The molecule has 1 aliphatic heterocycles. The fourth-order valence-electron chi connectivity index (χ4n) is 2.83. The number of carboxylic acid groups (broad SMARTS) is 1. The summed E-state index contributed by atoms with van der Waals surface area (Å²) in [7, 11) is 0. The average molecular weight is 291 g/mol. The van der Waals surface area contributed by atoms with E-state index in [-0.39, 0.29) is 18.0 Å². The highest BCUT2D eigenvalue weighted by atomic mass is 16.5. The molecule has 1 fully saturated rings. The van der Waals surface area contributed by atoms with E-state index in [9.17, 15) is 9.59 Å². The highest BCUT2D eigenvalue weighted by Gasteiger charge is 2.29. The van der Waals surface area contributed by atoms with E-state index in [0.29, 0.717) is 11.3 Å². The quantitative estimate of drug-likeness (QED) is 0.925. The number of ether oxygens (including phenoxy) is 1. The van der Waals surface area contributed by atoms with Gasteiger partial charge in [-0.1, -0.05) is 6.07 Å². The summed E-state index contributed by atoms with van der Waals surface area (Å²) in [5, 5.41) is 8.63. The number of hydrogen-bond donors (Lipinski definition) is 1. The molecule has 0 saturated carbocycles. The molecule has 2 atom stereocenters. The summed E-state index contributed by atoms with van der Waals surface area (Å²) in [4.78, 5) is 25.1. The van der Waals surface area contributed by atoms with E-state index in [2.05, 4.69) is 13.8 Å². The lowest BCUT2D eigenvalue weighted by atomic mass is 9.96. The molecule has 114 valence electrons. The molecule has 2 unspecified atom stereocenters. The normalized spacial score (nSPS) is 21.9. The van der Waals surface area contributed by atoms with Crippen LogP contribution in [-0.4, -0.2) is 40.6 Å². The summed E-state index contributed by atoms with van der Waals surface area (Å²) in [6.45, 7) is 3.73. The minimum Gasteiger partial charge on any atom is -0.482 e. The molecule has 1 saturated heterocycles. The Morgan fingerprint density at radius 1 is 1.29 bits per heavy atom. The van der Waals surface area contributed by atoms with Crippen molar-refractivity contribution in [1.29, 1.82) is 0 Å². The van der Waals surface area contributed by atoms with Crippen molar-refractivity contribution in [2.24, 2.45) is 0 Å². The topological polar surface area (TPSA) is 66.8 Å². The van der Waals surface area contributed by atoms with Gasteiger partial charge in [-0.25, -0.2) is 4.79 Å². The zero-order valence-electron chi connectivity index (χ0n) is 12.4. The fourth-order valence-corrected chi connectivity index (χ4v) is 2.83. The Labute approximate surface area is 124 Å². The van der Waals surface area contributed by atoms with E-state index in [1.54, 1.807) is 24.3 Å². The number of piperidine rings is 1. The van der Waals surface area contributed by atoms with Gasteiger partial charge < -0.3 is 14.7 Å². The number of carboxylic acids is 1. The van der Waals surface area contributed by atoms with Crippen LogP contribution in [0.2, 0.25) is 0 Å². The largest absolute Gasteiger partial charge is 0.482 e. The molecule has 0 spiro atoms. The van der Waals surface area contributed by atoms with Gasteiger partial charge in [0.15, 0.2) is 6.61 Å². The van der Waals surface area contributed by atoms with Gasteiger partial charge in [0.05, 0.1) is 0 Å². The molecular weight excluding hydrogens is 270 g/mol. The molecule has 5 nitrogen and oxygen atoms in total. The summed E-state index contributed by atoms with van der Waals surface area (Å²) >= 11 is 0. The molecule has 1 amide bonds. The van der Waals surface area contributed by atoms with E-state index < -0.39 is 12.6 Å². The van der Waals surface area contributed by atoms with Gasteiger partial charge >= 0.3 is 5.97 Å². The molecule has 1 heterocycles. The SMILES string of the molecule is CC1CCCC(C)N1C(=O)c1cccc(OCC(=O)O)c1. The van der Waals surface area contributed by atoms with Crippen molar-refractivity contribution in [3.63, 3.8) is 0 Å². The lowest BCUT2D eigenvalue weighted by Crippen LogP contribution is -2.47. The number of carbonyl (C=O) groups is 2. The maximum Gasteiger partial charge on any atom is 0.341 e. The van der Waals surface area contributed by atoms with Crippen LogP contribution in [0.5, 0.6) is 5.75 Å². The Kier molecular flexibility index (Phi) is 4.83. The number of benzene rings is 1. The second-order valence-corrected chi connectivity index (χ2v) is 5.55. The van der Waals surface area contributed by atoms with Crippen molar-refractivity contribution in [3.05, 3.63) is 29.8 Å². The molecule has 1 aromatic rings. The molecule has 1 aromatic carbocycles. The number of carbonyl (C=O) groups excluding carboxylic acids is 1. The van der Waals surface area contributed by atoms with Crippen LogP contribution in [0.4, 0.5) is 0 Å². The molecule has 1 aliphatic rings. The fraction of sp³-hybridized carbons (Fsp3) is 0.500. The minimum absolute atomic E-state index is 0.0181. The number of amides is 1.